The minimum Gasteiger partial charge on any atom is -0.739 e. The van der Waals surface area contributed by atoms with Gasteiger partial charge < -0.3 is 19.6 Å². The summed E-state index contributed by atoms with van der Waals surface area (Å²) < 4.78 is 48.1. The van der Waals surface area contributed by atoms with Gasteiger partial charge in [0.1, 0.15) is 6.10 Å². The Hall–Kier alpha value is -3.68. The molecule has 1 fully saturated rings. The molecule has 14 heteroatoms. The molecule has 176 valence electrons. The van der Waals surface area contributed by atoms with Crippen LogP contribution in [-0.4, -0.2) is 59.4 Å². The normalized spacial score (nSPS) is 16.9. The SMILES string of the molecule is O=C(CCNc1n[n+]([O-])c2cc(-c3cnco3)ccc2[n+]1[O-])OC1CCN(CC(F)(F)F)C1. The third-order valence-electron chi connectivity index (χ3n) is 5.04. The Morgan fingerprint density at radius 1 is 1.33 bits per heavy atom. The largest absolute Gasteiger partial charge is 0.739 e. The van der Waals surface area contributed by atoms with E-state index in [4.69, 9.17) is 9.15 Å². The molecule has 1 aromatic carbocycles. The first-order valence-corrected chi connectivity index (χ1v) is 9.98. The lowest BCUT2D eigenvalue weighted by atomic mass is 10.1. The van der Waals surface area contributed by atoms with Crippen molar-refractivity contribution in [3.63, 3.8) is 0 Å². The molecule has 0 bridgehead atoms. The average Bonchev–Trinajstić information content (AvgIpc) is 3.42. The number of carbonyl (C=O) groups excluding carboxylic acids is 1. The predicted octanol–water partition coefficient (Wildman–Crippen LogP) is 1.14. The number of likely N-dealkylation sites (tertiary alicyclic amines) is 1. The number of rotatable bonds is 7. The Labute approximate surface area is 184 Å². The third-order valence-corrected chi connectivity index (χ3v) is 5.04. The first kappa shape index (κ1) is 22.5. The topological polar surface area (TPSA) is 134 Å². The Morgan fingerprint density at radius 3 is 2.88 bits per heavy atom. The highest BCUT2D eigenvalue weighted by Gasteiger charge is 2.35. The number of hydrogen-bond donors (Lipinski definition) is 1. The number of ether oxygens (including phenoxy) is 1. The number of aromatic nitrogens is 4. The van der Waals surface area contributed by atoms with Crippen LogP contribution in [0.3, 0.4) is 0 Å². The Bertz CT molecular complexity index is 1140. The number of benzene rings is 1. The summed E-state index contributed by atoms with van der Waals surface area (Å²) in [5, 5.41) is 31.2. The summed E-state index contributed by atoms with van der Waals surface area (Å²) in [7, 11) is 0. The van der Waals surface area contributed by atoms with Crippen LogP contribution in [0.4, 0.5) is 19.1 Å². The second-order valence-electron chi connectivity index (χ2n) is 7.49. The standard InChI is InChI=1S/C19H19F3N6O5/c20-19(21,22)10-26-6-4-13(9-26)33-17(29)3-5-24-18-25-28(31)15-7-12(16-8-23-11-32-16)1-2-14(15)27(18)30/h1-2,7-8,11,13H,3-6,9-10H2,(H,24,25). The van der Waals surface area contributed by atoms with Gasteiger partial charge in [-0.25, -0.2) is 9.71 Å². The van der Waals surface area contributed by atoms with Crippen LogP contribution in [-0.2, 0) is 9.53 Å². The Morgan fingerprint density at radius 2 is 2.15 bits per heavy atom. The van der Waals surface area contributed by atoms with Crippen LogP contribution in [0.1, 0.15) is 12.8 Å². The summed E-state index contributed by atoms with van der Waals surface area (Å²) in [5.74, 6) is -0.528. The zero-order valence-corrected chi connectivity index (χ0v) is 17.1. The molecule has 1 unspecified atom stereocenters. The van der Waals surface area contributed by atoms with E-state index < -0.39 is 24.8 Å². The van der Waals surface area contributed by atoms with Crippen molar-refractivity contribution >= 4 is 23.0 Å². The van der Waals surface area contributed by atoms with Crippen LogP contribution in [0.5, 0.6) is 0 Å². The van der Waals surface area contributed by atoms with Crippen molar-refractivity contribution in [3.8, 4) is 11.3 Å². The predicted molar refractivity (Wildman–Crippen MR) is 105 cm³/mol. The Kier molecular flexibility index (Phi) is 6.18. The van der Waals surface area contributed by atoms with Crippen molar-refractivity contribution in [1.82, 2.24) is 15.0 Å². The fraction of sp³-hybridized carbons (Fsp3) is 0.421. The highest BCUT2D eigenvalue weighted by Crippen LogP contribution is 2.22. The van der Waals surface area contributed by atoms with E-state index in [0.29, 0.717) is 22.5 Å². The van der Waals surface area contributed by atoms with Crippen LogP contribution in [0.2, 0.25) is 0 Å². The fourth-order valence-electron chi connectivity index (χ4n) is 3.57. The summed E-state index contributed by atoms with van der Waals surface area (Å²) in [4.78, 5) is 17.3. The molecule has 4 rings (SSSR count). The molecule has 11 nitrogen and oxygen atoms in total. The molecule has 0 aliphatic carbocycles. The quantitative estimate of drug-likeness (QED) is 0.308. The Balaban J connectivity index is 1.33. The number of nitrogens with one attached hydrogen (secondary N) is 1. The van der Waals surface area contributed by atoms with Gasteiger partial charge in [-0.05, 0) is 18.6 Å². The second-order valence-corrected chi connectivity index (χ2v) is 7.49. The first-order valence-electron chi connectivity index (χ1n) is 9.98. The molecule has 0 amide bonds. The summed E-state index contributed by atoms with van der Waals surface area (Å²) in [6, 6.07) is 4.46. The van der Waals surface area contributed by atoms with Gasteiger partial charge in [0.05, 0.1) is 25.7 Å². The smallest absolute Gasteiger partial charge is 0.460 e. The van der Waals surface area contributed by atoms with Crippen molar-refractivity contribution in [2.45, 2.75) is 25.1 Å². The van der Waals surface area contributed by atoms with Crippen LogP contribution >= 0.6 is 0 Å². The van der Waals surface area contributed by atoms with Crippen molar-refractivity contribution in [1.29, 1.82) is 0 Å². The van der Waals surface area contributed by atoms with Gasteiger partial charge >= 0.3 is 18.1 Å². The number of nitrogens with zero attached hydrogens (tertiary/aromatic N) is 5. The maximum atomic E-state index is 12.6. The lowest BCUT2D eigenvalue weighted by molar-refractivity contribution is -0.672. The van der Waals surface area contributed by atoms with Crippen molar-refractivity contribution in [3.05, 3.63) is 41.2 Å². The zero-order valence-electron chi connectivity index (χ0n) is 17.1. The maximum absolute atomic E-state index is 12.6. The summed E-state index contributed by atoms with van der Waals surface area (Å²) in [6.45, 7) is -0.907. The maximum Gasteiger partial charge on any atom is 0.460 e. The molecule has 1 N–H and O–H groups in total. The zero-order chi connectivity index (χ0) is 23.6. The van der Waals surface area contributed by atoms with Crippen molar-refractivity contribution in [2.24, 2.45) is 0 Å². The summed E-state index contributed by atoms with van der Waals surface area (Å²) in [6.07, 6.45) is -2.08. The number of anilines is 1. The third kappa shape index (κ3) is 5.39. The molecular weight excluding hydrogens is 449 g/mol. The van der Waals surface area contributed by atoms with Crippen LogP contribution in [0.15, 0.2) is 35.2 Å². The van der Waals surface area contributed by atoms with Crippen LogP contribution in [0.25, 0.3) is 22.4 Å². The van der Waals surface area contributed by atoms with E-state index in [9.17, 15) is 28.4 Å². The van der Waals surface area contributed by atoms with E-state index in [1.54, 1.807) is 6.07 Å². The number of oxazole rings is 1. The minimum atomic E-state index is -4.31. The monoisotopic (exact) mass is 468 g/mol. The number of esters is 1. The fourth-order valence-corrected chi connectivity index (χ4v) is 3.57. The van der Waals surface area contributed by atoms with Gasteiger partial charge in [-0.2, -0.15) is 13.2 Å². The van der Waals surface area contributed by atoms with Crippen LogP contribution < -0.4 is 14.9 Å². The second kappa shape index (κ2) is 9.05. The average molecular weight is 468 g/mol. The first-order chi connectivity index (χ1) is 15.7. The van der Waals surface area contributed by atoms with E-state index in [1.165, 1.54) is 29.6 Å². The minimum absolute atomic E-state index is 0.00787. The van der Waals surface area contributed by atoms with Gasteiger partial charge in [-0.15, -0.1) is 0 Å². The molecule has 2 aromatic heterocycles. The van der Waals surface area contributed by atoms with E-state index in [2.05, 4.69) is 15.4 Å². The molecule has 0 saturated carbocycles. The number of carbonyl (C=O) groups is 1. The highest BCUT2D eigenvalue weighted by molar-refractivity contribution is 5.75. The number of halogens is 3. The molecular formula is C19H19F3N6O5. The molecule has 0 radical (unpaired) electrons. The number of alkyl halides is 3. The van der Waals surface area contributed by atoms with Gasteiger partial charge in [-0.1, -0.05) is 0 Å². The molecule has 1 aliphatic heterocycles. The van der Waals surface area contributed by atoms with Gasteiger partial charge in [0.15, 0.2) is 17.7 Å². The van der Waals surface area contributed by atoms with Crippen molar-refractivity contribution < 1.29 is 36.7 Å². The van der Waals surface area contributed by atoms with Crippen molar-refractivity contribution in [2.75, 3.05) is 31.5 Å². The number of fused-ring (bicyclic) bond motifs is 1. The summed E-state index contributed by atoms with van der Waals surface area (Å²) >= 11 is 0. The van der Waals surface area contributed by atoms with Gasteiger partial charge in [0.2, 0.25) is 5.10 Å². The lowest BCUT2D eigenvalue weighted by Crippen LogP contribution is -2.44. The van der Waals surface area contributed by atoms with Gasteiger partial charge in [0.25, 0.3) is 5.52 Å². The molecule has 3 heterocycles. The van der Waals surface area contributed by atoms with E-state index >= 15 is 0 Å². The molecule has 1 atom stereocenters. The van der Waals surface area contributed by atoms with E-state index in [1.807, 2.05) is 0 Å². The highest BCUT2D eigenvalue weighted by atomic mass is 19.4. The molecule has 1 saturated heterocycles. The molecule has 0 spiro atoms. The molecule has 33 heavy (non-hydrogen) atoms. The molecule has 1 aliphatic rings. The van der Waals surface area contributed by atoms with Gasteiger partial charge in [-0.3, -0.25) is 15.0 Å². The lowest BCUT2D eigenvalue weighted by Gasteiger charge is -2.17. The van der Waals surface area contributed by atoms with E-state index in [0.717, 1.165) is 0 Å². The van der Waals surface area contributed by atoms with Crippen LogP contribution in [0, 0.1) is 10.4 Å². The summed E-state index contributed by atoms with van der Waals surface area (Å²) in [5.41, 5.74) is 0.591. The van der Waals surface area contributed by atoms with Gasteiger partial charge in [0, 0.05) is 29.6 Å². The van der Waals surface area contributed by atoms with E-state index in [-0.39, 0.29) is 47.9 Å². The number of hydrogen-bond acceptors (Lipinski definition) is 9. The molecule has 3 aromatic rings.